The third-order valence-electron chi connectivity index (χ3n) is 3.83. The first-order chi connectivity index (χ1) is 11.2. The van der Waals surface area contributed by atoms with E-state index < -0.39 is 0 Å². The van der Waals surface area contributed by atoms with Crippen molar-refractivity contribution in [3.63, 3.8) is 0 Å². The third kappa shape index (κ3) is 3.11. The molecule has 6 heteroatoms. The van der Waals surface area contributed by atoms with Crippen LogP contribution in [0.4, 0.5) is 5.69 Å². The van der Waals surface area contributed by atoms with E-state index in [1.807, 2.05) is 19.1 Å². The summed E-state index contributed by atoms with van der Waals surface area (Å²) in [6.07, 6.45) is 2.66. The number of nitrogens with one attached hydrogen (secondary N) is 1. The zero-order chi connectivity index (χ0) is 16.2. The quantitative estimate of drug-likeness (QED) is 0.758. The molecule has 0 bridgehead atoms. The molecule has 3 rings (SSSR count). The van der Waals surface area contributed by atoms with Gasteiger partial charge in [0.1, 0.15) is 23.4 Å². The fourth-order valence-electron chi connectivity index (χ4n) is 2.71. The largest absolute Gasteiger partial charge is 0.494 e. The van der Waals surface area contributed by atoms with E-state index in [0.717, 1.165) is 53.4 Å². The average molecular weight is 311 g/mol. The van der Waals surface area contributed by atoms with Crippen molar-refractivity contribution in [3.05, 3.63) is 42.1 Å². The highest BCUT2D eigenvalue weighted by atomic mass is 16.5. The molecule has 0 spiro atoms. The van der Waals surface area contributed by atoms with Gasteiger partial charge in [0.25, 0.3) is 0 Å². The summed E-state index contributed by atoms with van der Waals surface area (Å²) in [5.74, 6) is 1.80. The van der Waals surface area contributed by atoms with Crippen LogP contribution in [0.1, 0.15) is 18.4 Å². The summed E-state index contributed by atoms with van der Waals surface area (Å²) in [6, 6.07) is 8.04. The molecule has 120 valence electrons. The van der Waals surface area contributed by atoms with Crippen molar-refractivity contribution in [2.24, 2.45) is 0 Å². The number of hydrogen-bond acceptors (Lipinski definition) is 5. The molecule has 0 radical (unpaired) electrons. The van der Waals surface area contributed by atoms with Crippen LogP contribution in [0, 0.1) is 6.92 Å². The lowest BCUT2D eigenvalue weighted by Crippen LogP contribution is -2.12. The third-order valence-corrected chi connectivity index (χ3v) is 3.83. The van der Waals surface area contributed by atoms with E-state index >= 15 is 0 Å². The Morgan fingerprint density at radius 3 is 2.96 bits per heavy atom. The van der Waals surface area contributed by atoms with E-state index in [1.54, 1.807) is 13.4 Å². The lowest BCUT2D eigenvalue weighted by atomic mass is 10.1. The van der Waals surface area contributed by atoms with Crippen LogP contribution in [-0.2, 0) is 13.0 Å². The molecule has 0 aliphatic carbocycles. The van der Waals surface area contributed by atoms with E-state index in [2.05, 4.69) is 44.1 Å². The highest BCUT2D eigenvalue weighted by Gasteiger charge is 2.08. The van der Waals surface area contributed by atoms with Crippen LogP contribution >= 0.6 is 0 Å². The Labute approximate surface area is 135 Å². The number of aromatic nitrogens is 4. The number of rotatable bonds is 6. The summed E-state index contributed by atoms with van der Waals surface area (Å²) < 4.78 is 7.49. The summed E-state index contributed by atoms with van der Waals surface area (Å²) in [6.45, 7) is 5.69. The zero-order valence-electron chi connectivity index (χ0n) is 13.7. The van der Waals surface area contributed by atoms with Crippen molar-refractivity contribution in [3.8, 4) is 5.75 Å². The lowest BCUT2D eigenvalue weighted by Gasteiger charge is -2.13. The molecule has 0 aliphatic rings. The molecule has 2 heterocycles. The highest BCUT2D eigenvalue weighted by Crippen LogP contribution is 2.29. The van der Waals surface area contributed by atoms with Gasteiger partial charge in [0, 0.05) is 36.3 Å². The van der Waals surface area contributed by atoms with Gasteiger partial charge in [-0.15, -0.1) is 10.2 Å². The van der Waals surface area contributed by atoms with Gasteiger partial charge >= 0.3 is 0 Å². The topological polar surface area (TPSA) is 64.9 Å². The van der Waals surface area contributed by atoms with Crippen molar-refractivity contribution in [1.29, 1.82) is 0 Å². The predicted molar refractivity (Wildman–Crippen MR) is 90.9 cm³/mol. The van der Waals surface area contributed by atoms with Crippen molar-refractivity contribution in [1.82, 2.24) is 19.7 Å². The van der Waals surface area contributed by atoms with Gasteiger partial charge in [-0.05, 0) is 19.1 Å². The maximum atomic E-state index is 5.42. The molecular weight excluding hydrogens is 290 g/mol. The minimum absolute atomic E-state index is 0.792. The second-order valence-electron chi connectivity index (χ2n) is 5.39. The fraction of sp³-hybridized carbons (Fsp3) is 0.353. The average Bonchev–Trinajstić information content (AvgIpc) is 3.01. The van der Waals surface area contributed by atoms with Crippen molar-refractivity contribution < 1.29 is 4.74 Å². The Morgan fingerprint density at radius 2 is 2.17 bits per heavy atom. The van der Waals surface area contributed by atoms with E-state index in [1.165, 1.54) is 0 Å². The number of anilines is 1. The number of fused-ring (bicyclic) bond motifs is 1. The van der Waals surface area contributed by atoms with Gasteiger partial charge in [0.2, 0.25) is 0 Å². The SMILES string of the molecule is CCc1nncn1CCNc1cc(C)nc2c(OC)cccc12. The molecule has 1 aromatic carbocycles. The first-order valence-corrected chi connectivity index (χ1v) is 7.78. The van der Waals surface area contributed by atoms with Gasteiger partial charge in [-0.1, -0.05) is 19.1 Å². The van der Waals surface area contributed by atoms with E-state index in [4.69, 9.17) is 4.74 Å². The minimum Gasteiger partial charge on any atom is -0.494 e. The molecule has 0 saturated heterocycles. The fourth-order valence-corrected chi connectivity index (χ4v) is 2.71. The van der Waals surface area contributed by atoms with E-state index in [9.17, 15) is 0 Å². The Morgan fingerprint density at radius 1 is 1.30 bits per heavy atom. The van der Waals surface area contributed by atoms with Crippen LogP contribution in [-0.4, -0.2) is 33.4 Å². The number of aryl methyl sites for hydroxylation is 2. The predicted octanol–water partition coefficient (Wildman–Crippen LogP) is 2.82. The summed E-state index contributed by atoms with van der Waals surface area (Å²) >= 11 is 0. The highest BCUT2D eigenvalue weighted by molar-refractivity contribution is 5.95. The van der Waals surface area contributed by atoms with Crippen molar-refractivity contribution in [2.45, 2.75) is 26.8 Å². The van der Waals surface area contributed by atoms with Gasteiger partial charge < -0.3 is 14.6 Å². The van der Waals surface area contributed by atoms with Gasteiger partial charge in [-0.3, -0.25) is 0 Å². The van der Waals surface area contributed by atoms with Crippen molar-refractivity contribution >= 4 is 16.6 Å². The second-order valence-corrected chi connectivity index (χ2v) is 5.39. The molecule has 3 aromatic rings. The summed E-state index contributed by atoms with van der Waals surface area (Å²) in [7, 11) is 1.67. The van der Waals surface area contributed by atoms with Crippen molar-refractivity contribution in [2.75, 3.05) is 19.0 Å². The summed E-state index contributed by atoms with van der Waals surface area (Å²) in [5, 5.41) is 12.6. The molecule has 0 fully saturated rings. The number of hydrogen-bond donors (Lipinski definition) is 1. The van der Waals surface area contributed by atoms with Gasteiger partial charge in [0.05, 0.1) is 7.11 Å². The molecule has 6 nitrogen and oxygen atoms in total. The number of pyridine rings is 1. The number of para-hydroxylation sites is 1. The van der Waals surface area contributed by atoms with Crippen LogP contribution in [0.25, 0.3) is 10.9 Å². The maximum Gasteiger partial charge on any atom is 0.145 e. The van der Waals surface area contributed by atoms with Gasteiger partial charge in [0.15, 0.2) is 0 Å². The molecule has 0 atom stereocenters. The lowest BCUT2D eigenvalue weighted by molar-refractivity contribution is 0.419. The van der Waals surface area contributed by atoms with Crippen LogP contribution in [0.3, 0.4) is 0 Å². The van der Waals surface area contributed by atoms with E-state index in [-0.39, 0.29) is 0 Å². The zero-order valence-corrected chi connectivity index (χ0v) is 13.7. The first-order valence-electron chi connectivity index (χ1n) is 7.78. The Hall–Kier alpha value is -2.63. The molecular formula is C17H21N5O. The number of benzene rings is 1. The number of methoxy groups -OCH3 is 1. The Bertz CT molecular complexity index is 812. The molecule has 2 aromatic heterocycles. The summed E-state index contributed by atoms with van der Waals surface area (Å²) in [5.41, 5.74) is 2.91. The van der Waals surface area contributed by atoms with Crippen LogP contribution < -0.4 is 10.1 Å². The normalized spacial score (nSPS) is 10.9. The maximum absolute atomic E-state index is 5.42. The molecule has 0 saturated carbocycles. The summed E-state index contributed by atoms with van der Waals surface area (Å²) in [4.78, 5) is 4.60. The monoisotopic (exact) mass is 311 g/mol. The van der Waals surface area contributed by atoms with Gasteiger partial charge in [-0.2, -0.15) is 0 Å². The van der Waals surface area contributed by atoms with Crippen LogP contribution in [0.5, 0.6) is 5.75 Å². The smallest absolute Gasteiger partial charge is 0.145 e. The molecule has 0 unspecified atom stereocenters. The Balaban J connectivity index is 1.82. The second kappa shape index (κ2) is 6.64. The number of nitrogens with zero attached hydrogens (tertiary/aromatic N) is 4. The minimum atomic E-state index is 0.792. The Kier molecular flexibility index (Phi) is 4.41. The molecule has 0 amide bonds. The van der Waals surface area contributed by atoms with Crippen LogP contribution in [0.15, 0.2) is 30.6 Å². The van der Waals surface area contributed by atoms with E-state index in [0.29, 0.717) is 0 Å². The van der Waals surface area contributed by atoms with Gasteiger partial charge in [-0.25, -0.2) is 4.98 Å². The van der Waals surface area contributed by atoms with Crippen LogP contribution in [0.2, 0.25) is 0 Å². The molecule has 23 heavy (non-hydrogen) atoms. The molecule has 0 aliphatic heterocycles. The standard InChI is InChI=1S/C17H21N5O/c1-4-16-21-19-11-22(16)9-8-18-14-10-12(2)20-17-13(14)6-5-7-15(17)23-3/h5-7,10-11H,4,8-9H2,1-3H3,(H,18,20). The first kappa shape index (κ1) is 15.3. The molecule has 1 N–H and O–H groups in total. The number of ether oxygens (including phenoxy) is 1.